The lowest BCUT2D eigenvalue weighted by atomic mass is 10.0. The van der Waals surface area contributed by atoms with Crippen molar-refractivity contribution in [3.63, 3.8) is 0 Å². The van der Waals surface area contributed by atoms with Gasteiger partial charge in [-0.2, -0.15) is 17.5 Å². The van der Waals surface area contributed by atoms with Crippen LogP contribution in [0.4, 0.5) is 22.0 Å². The fraction of sp³-hybridized carbons (Fsp3) is 0.550. The van der Waals surface area contributed by atoms with E-state index in [2.05, 4.69) is 0 Å². The number of benzene rings is 1. The molecular formula is C20H22F5N3O3S. The number of carbonyl (C=O) groups is 1. The molecule has 0 spiro atoms. The third kappa shape index (κ3) is 4.34. The van der Waals surface area contributed by atoms with Gasteiger partial charge in [-0.1, -0.05) is 6.07 Å². The number of halogens is 5. The molecular weight excluding hydrogens is 457 g/mol. The highest BCUT2D eigenvalue weighted by Gasteiger charge is 2.43. The average Bonchev–Trinajstić information content (AvgIpc) is 3.15. The van der Waals surface area contributed by atoms with E-state index in [1.54, 1.807) is 18.3 Å². The van der Waals surface area contributed by atoms with Crippen LogP contribution in [-0.4, -0.2) is 66.4 Å². The number of carbonyl (C=O) groups excluding carboxylic acids is 1. The molecule has 12 heteroatoms. The molecule has 4 rings (SSSR count). The maximum Gasteiger partial charge on any atom is 0.471 e. The third-order valence-electron chi connectivity index (χ3n) is 6.17. The lowest BCUT2D eigenvalue weighted by molar-refractivity contribution is -0.186. The van der Waals surface area contributed by atoms with Gasteiger partial charge in [0.2, 0.25) is 10.0 Å². The van der Waals surface area contributed by atoms with E-state index in [-0.39, 0.29) is 37.1 Å². The van der Waals surface area contributed by atoms with E-state index in [1.807, 2.05) is 4.57 Å². The van der Waals surface area contributed by atoms with Crippen molar-refractivity contribution in [3.8, 4) is 0 Å². The highest BCUT2D eigenvalue weighted by molar-refractivity contribution is 7.89. The molecule has 2 fully saturated rings. The van der Waals surface area contributed by atoms with Gasteiger partial charge in [-0.3, -0.25) is 4.79 Å². The largest absolute Gasteiger partial charge is 0.471 e. The minimum Gasteiger partial charge on any atom is -0.344 e. The molecule has 2 aliphatic heterocycles. The molecule has 0 aliphatic carbocycles. The van der Waals surface area contributed by atoms with Crippen LogP contribution in [0.1, 0.15) is 31.7 Å². The standard InChI is InChI=1S/C20H22F5N3O3S/c21-19(22)6-11-27(12-7-19)32(30,31)16-2-1-14-3-10-28(17(14)13-16)15-4-8-26(9-5-15)18(29)20(23,24)25/h1-3,10,13,15H,4-9,11-12H2. The van der Waals surface area contributed by atoms with Crippen molar-refractivity contribution in [2.45, 2.75) is 48.7 Å². The first-order valence-electron chi connectivity index (χ1n) is 10.2. The topological polar surface area (TPSA) is 62.6 Å². The van der Waals surface area contributed by atoms with Crippen molar-refractivity contribution >= 4 is 26.8 Å². The second kappa shape index (κ2) is 7.98. The van der Waals surface area contributed by atoms with Gasteiger partial charge in [0.15, 0.2) is 0 Å². The van der Waals surface area contributed by atoms with Gasteiger partial charge < -0.3 is 9.47 Å². The number of likely N-dealkylation sites (tertiary alicyclic amines) is 1. The Kier molecular flexibility index (Phi) is 5.73. The maximum atomic E-state index is 13.4. The van der Waals surface area contributed by atoms with E-state index >= 15 is 0 Å². The summed E-state index contributed by atoms with van der Waals surface area (Å²) in [6.45, 7) is -0.633. The minimum atomic E-state index is -4.91. The monoisotopic (exact) mass is 479 g/mol. The lowest BCUT2D eigenvalue weighted by Gasteiger charge is -2.33. The predicted molar refractivity (Wildman–Crippen MR) is 106 cm³/mol. The fourth-order valence-electron chi connectivity index (χ4n) is 4.34. The summed E-state index contributed by atoms with van der Waals surface area (Å²) in [6.07, 6.45) is -3.63. The first kappa shape index (κ1) is 23.0. The molecule has 0 N–H and O–H groups in total. The van der Waals surface area contributed by atoms with E-state index in [4.69, 9.17) is 0 Å². The van der Waals surface area contributed by atoms with Crippen molar-refractivity contribution in [1.29, 1.82) is 0 Å². The van der Waals surface area contributed by atoms with E-state index in [1.165, 1.54) is 12.1 Å². The zero-order valence-corrected chi connectivity index (χ0v) is 17.8. The molecule has 1 aromatic heterocycles. The van der Waals surface area contributed by atoms with Gasteiger partial charge in [0.1, 0.15) is 0 Å². The Morgan fingerprint density at radius 1 is 1.00 bits per heavy atom. The number of fused-ring (bicyclic) bond motifs is 1. The molecule has 1 amide bonds. The van der Waals surface area contributed by atoms with Gasteiger partial charge in [-0.25, -0.2) is 17.2 Å². The van der Waals surface area contributed by atoms with Crippen LogP contribution in [0.5, 0.6) is 0 Å². The Morgan fingerprint density at radius 3 is 2.22 bits per heavy atom. The lowest BCUT2D eigenvalue weighted by Crippen LogP contribution is -2.45. The van der Waals surface area contributed by atoms with Crippen LogP contribution in [0.3, 0.4) is 0 Å². The Hall–Kier alpha value is -2.21. The number of piperidine rings is 2. The van der Waals surface area contributed by atoms with Gasteiger partial charge >= 0.3 is 12.1 Å². The Morgan fingerprint density at radius 2 is 1.62 bits per heavy atom. The normalized spacial score (nSPS) is 21.2. The van der Waals surface area contributed by atoms with E-state index in [9.17, 15) is 35.2 Å². The molecule has 1 aromatic carbocycles. The molecule has 0 bridgehead atoms. The molecule has 2 aliphatic rings. The first-order valence-corrected chi connectivity index (χ1v) is 11.7. The molecule has 0 radical (unpaired) electrons. The molecule has 0 unspecified atom stereocenters. The number of alkyl halides is 5. The summed E-state index contributed by atoms with van der Waals surface area (Å²) in [4.78, 5) is 12.2. The van der Waals surface area contributed by atoms with Crippen LogP contribution in [-0.2, 0) is 14.8 Å². The van der Waals surface area contributed by atoms with Crippen molar-refractivity contribution in [2.24, 2.45) is 0 Å². The molecule has 32 heavy (non-hydrogen) atoms. The summed E-state index contributed by atoms with van der Waals surface area (Å²) in [5, 5.41) is 0.753. The van der Waals surface area contributed by atoms with Gasteiger partial charge in [0, 0.05) is 56.8 Å². The van der Waals surface area contributed by atoms with Crippen LogP contribution in [0.15, 0.2) is 35.4 Å². The summed E-state index contributed by atoms with van der Waals surface area (Å²) >= 11 is 0. The highest BCUT2D eigenvalue weighted by atomic mass is 32.2. The van der Waals surface area contributed by atoms with Crippen LogP contribution in [0.25, 0.3) is 10.9 Å². The Balaban J connectivity index is 1.55. The molecule has 176 valence electrons. The Labute approximate surface area is 181 Å². The van der Waals surface area contributed by atoms with Crippen molar-refractivity contribution in [2.75, 3.05) is 26.2 Å². The first-order chi connectivity index (χ1) is 14.9. The van der Waals surface area contributed by atoms with E-state index in [0.29, 0.717) is 18.4 Å². The summed E-state index contributed by atoms with van der Waals surface area (Å²) in [5.41, 5.74) is 0.592. The average molecular weight is 479 g/mol. The number of amides is 1. The van der Waals surface area contributed by atoms with Crippen molar-refractivity contribution in [3.05, 3.63) is 30.5 Å². The predicted octanol–water partition coefficient (Wildman–Crippen LogP) is 3.79. The van der Waals surface area contributed by atoms with E-state index < -0.39 is 40.9 Å². The van der Waals surface area contributed by atoms with Gasteiger partial charge in [-0.15, -0.1) is 0 Å². The summed E-state index contributed by atoms with van der Waals surface area (Å²) < 4.78 is 93.7. The maximum absolute atomic E-state index is 13.4. The van der Waals surface area contributed by atoms with Gasteiger partial charge in [-0.05, 0) is 36.4 Å². The SMILES string of the molecule is O=C(N1CCC(n2ccc3ccc(S(=O)(=O)N4CCC(F)(F)CC4)cc32)CC1)C(F)(F)F. The number of aromatic nitrogens is 1. The summed E-state index contributed by atoms with van der Waals surface area (Å²) in [5.74, 6) is -4.72. The number of nitrogens with zero attached hydrogens (tertiary/aromatic N) is 3. The van der Waals surface area contributed by atoms with Crippen molar-refractivity contribution in [1.82, 2.24) is 13.8 Å². The number of rotatable bonds is 3. The molecule has 0 atom stereocenters. The van der Waals surface area contributed by atoms with Crippen molar-refractivity contribution < 1.29 is 35.2 Å². The van der Waals surface area contributed by atoms with Crippen LogP contribution < -0.4 is 0 Å². The second-order valence-electron chi connectivity index (χ2n) is 8.22. The highest BCUT2D eigenvalue weighted by Crippen LogP contribution is 2.33. The number of hydrogen-bond acceptors (Lipinski definition) is 3. The van der Waals surface area contributed by atoms with Gasteiger partial charge in [0.05, 0.1) is 4.90 Å². The zero-order valence-electron chi connectivity index (χ0n) is 17.0. The molecule has 2 saturated heterocycles. The van der Waals surface area contributed by atoms with Crippen LogP contribution in [0.2, 0.25) is 0 Å². The fourth-order valence-corrected chi connectivity index (χ4v) is 5.80. The Bertz CT molecular complexity index is 1110. The molecule has 3 heterocycles. The zero-order chi connectivity index (χ0) is 23.3. The molecule has 6 nitrogen and oxygen atoms in total. The van der Waals surface area contributed by atoms with E-state index in [0.717, 1.165) is 14.6 Å². The minimum absolute atomic E-state index is 0.0140. The summed E-state index contributed by atoms with van der Waals surface area (Å²) in [7, 11) is -3.96. The van der Waals surface area contributed by atoms with Gasteiger partial charge in [0.25, 0.3) is 5.92 Å². The number of sulfonamides is 1. The quantitative estimate of drug-likeness (QED) is 0.630. The van der Waals surface area contributed by atoms with Crippen LogP contribution in [0, 0.1) is 0 Å². The molecule has 2 aromatic rings. The second-order valence-corrected chi connectivity index (χ2v) is 10.2. The third-order valence-corrected chi connectivity index (χ3v) is 8.07. The summed E-state index contributed by atoms with van der Waals surface area (Å²) in [6, 6.07) is 6.11. The smallest absolute Gasteiger partial charge is 0.344 e. The molecule has 0 saturated carbocycles. The number of hydrogen-bond donors (Lipinski definition) is 0. The van der Waals surface area contributed by atoms with Crippen LogP contribution >= 0.6 is 0 Å².